The molecule has 2 atom stereocenters. The first kappa shape index (κ1) is 15.3. The van der Waals surface area contributed by atoms with Crippen molar-refractivity contribution in [3.63, 3.8) is 0 Å². The number of carboxylic acids is 1. The number of aliphatic hydroxyl groups is 1. The highest BCUT2D eigenvalue weighted by Gasteiger charge is 2.38. The van der Waals surface area contributed by atoms with Gasteiger partial charge in [-0.25, -0.2) is 9.59 Å². The summed E-state index contributed by atoms with van der Waals surface area (Å²) < 4.78 is 0. The second kappa shape index (κ2) is 6.57. The van der Waals surface area contributed by atoms with Crippen LogP contribution in [-0.2, 0) is 11.2 Å². The SMILES string of the molecule is Cc1[nH]ncc1CCCNC(=O)N1C[C@H](O)C[C@H]1C(=O)O. The minimum absolute atomic E-state index is 0.0592. The van der Waals surface area contributed by atoms with E-state index in [-0.39, 0.29) is 13.0 Å². The van der Waals surface area contributed by atoms with Crippen molar-refractivity contribution in [3.8, 4) is 0 Å². The number of urea groups is 1. The van der Waals surface area contributed by atoms with Crippen molar-refractivity contribution in [2.24, 2.45) is 0 Å². The average Bonchev–Trinajstić information content (AvgIpc) is 3.01. The summed E-state index contributed by atoms with van der Waals surface area (Å²) in [6, 6.07) is -1.39. The van der Waals surface area contributed by atoms with Crippen molar-refractivity contribution in [1.82, 2.24) is 20.4 Å². The summed E-state index contributed by atoms with van der Waals surface area (Å²) in [7, 11) is 0. The molecule has 1 aromatic heterocycles. The number of carboxylic acid groups (broad SMARTS) is 1. The molecule has 116 valence electrons. The molecule has 0 aromatic carbocycles. The molecule has 1 fully saturated rings. The predicted octanol–water partition coefficient (Wildman–Crippen LogP) is -0.120. The molecule has 0 spiro atoms. The van der Waals surface area contributed by atoms with Gasteiger partial charge in [-0.15, -0.1) is 0 Å². The third-order valence-corrected chi connectivity index (χ3v) is 3.66. The van der Waals surface area contributed by atoms with Crippen molar-refractivity contribution >= 4 is 12.0 Å². The number of hydrogen-bond donors (Lipinski definition) is 4. The van der Waals surface area contributed by atoms with Gasteiger partial charge in [0.15, 0.2) is 0 Å². The predicted molar refractivity (Wildman–Crippen MR) is 73.8 cm³/mol. The van der Waals surface area contributed by atoms with Gasteiger partial charge in [-0.2, -0.15) is 5.10 Å². The zero-order valence-electron chi connectivity index (χ0n) is 11.9. The molecule has 0 unspecified atom stereocenters. The lowest BCUT2D eigenvalue weighted by atomic mass is 10.1. The molecule has 1 aliphatic heterocycles. The quantitative estimate of drug-likeness (QED) is 0.565. The van der Waals surface area contributed by atoms with E-state index in [1.54, 1.807) is 6.20 Å². The number of amides is 2. The first-order valence-electron chi connectivity index (χ1n) is 6.93. The van der Waals surface area contributed by atoms with Crippen molar-refractivity contribution in [3.05, 3.63) is 17.5 Å². The molecule has 4 N–H and O–H groups in total. The minimum atomic E-state index is -1.09. The first-order chi connectivity index (χ1) is 9.99. The van der Waals surface area contributed by atoms with E-state index in [1.807, 2.05) is 6.92 Å². The smallest absolute Gasteiger partial charge is 0.326 e. The van der Waals surface area contributed by atoms with Gasteiger partial charge in [-0.1, -0.05) is 0 Å². The zero-order chi connectivity index (χ0) is 15.4. The third-order valence-electron chi connectivity index (χ3n) is 3.66. The first-order valence-corrected chi connectivity index (χ1v) is 6.93. The summed E-state index contributed by atoms with van der Waals surface area (Å²) in [6.07, 6.45) is 2.59. The van der Waals surface area contributed by atoms with Gasteiger partial charge in [-0.3, -0.25) is 5.10 Å². The Balaban J connectivity index is 1.76. The number of carbonyl (C=O) groups is 2. The van der Waals surface area contributed by atoms with Crippen molar-refractivity contribution in [2.45, 2.75) is 38.3 Å². The number of carbonyl (C=O) groups excluding carboxylic acids is 1. The van der Waals surface area contributed by atoms with Crippen molar-refractivity contribution in [2.75, 3.05) is 13.1 Å². The lowest BCUT2D eigenvalue weighted by molar-refractivity contribution is -0.141. The normalized spacial score (nSPS) is 21.5. The third kappa shape index (κ3) is 3.72. The maximum Gasteiger partial charge on any atom is 0.326 e. The number of aromatic amines is 1. The summed E-state index contributed by atoms with van der Waals surface area (Å²) in [5.74, 6) is -1.09. The molecular formula is C13H20N4O4. The molecule has 0 saturated carbocycles. The number of H-pyrrole nitrogens is 1. The Hall–Kier alpha value is -2.09. The van der Waals surface area contributed by atoms with Crippen LogP contribution in [0.5, 0.6) is 0 Å². The van der Waals surface area contributed by atoms with Crippen LogP contribution in [0.25, 0.3) is 0 Å². The van der Waals surface area contributed by atoms with Gasteiger partial charge in [0.05, 0.1) is 12.3 Å². The molecule has 0 radical (unpaired) electrons. The Morgan fingerprint density at radius 2 is 2.33 bits per heavy atom. The molecule has 2 amide bonds. The number of aryl methyl sites for hydroxylation is 2. The van der Waals surface area contributed by atoms with Crippen molar-refractivity contribution in [1.29, 1.82) is 0 Å². The van der Waals surface area contributed by atoms with Crippen LogP contribution < -0.4 is 5.32 Å². The molecule has 1 aliphatic rings. The molecule has 0 aliphatic carbocycles. The molecule has 1 aromatic rings. The Morgan fingerprint density at radius 1 is 1.57 bits per heavy atom. The molecule has 8 nitrogen and oxygen atoms in total. The summed E-state index contributed by atoms with van der Waals surface area (Å²) in [5, 5.41) is 28.0. The van der Waals surface area contributed by atoms with E-state index in [4.69, 9.17) is 5.11 Å². The minimum Gasteiger partial charge on any atom is -0.480 e. The molecule has 8 heteroatoms. The lowest BCUT2D eigenvalue weighted by Gasteiger charge is -2.21. The number of aromatic nitrogens is 2. The number of β-amino-alcohol motifs (C(OH)–C–C–N with tert-alkyl or cyclic N) is 1. The van der Waals surface area contributed by atoms with E-state index in [0.29, 0.717) is 6.54 Å². The summed E-state index contributed by atoms with van der Waals surface area (Å²) in [5.41, 5.74) is 2.11. The van der Waals surface area contributed by atoms with Gasteiger partial charge in [-0.05, 0) is 25.3 Å². The second-order valence-electron chi connectivity index (χ2n) is 5.25. The van der Waals surface area contributed by atoms with Crippen LogP contribution in [0.15, 0.2) is 6.20 Å². The van der Waals surface area contributed by atoms with Gasteiger partial charge in [0.2, 0.25) is 0 Å². The second-order valence-corrected chi connectivity index (χ2v) is 5.25. The Morgan fingerprint density at radius 3 is 2.95 bits per heavy atom. The molecule has 2 rings (SSSR count). The van der Waals surface area contributed by atoms with Crippen LogP contribution in [-0.4, -0.2) is 62.5 Å². The van der Waals surface area contributed by atoms with Crippen LogP contribution in [0, 0.1) is 6.92 Å². The van der Waals surface area contributed by atoms with Gasteiger partial charge < -0.3 is 20.4 Å². The van der Waals surface area contributed by atoms with E-state index in [2.05, 4.69) is 15.5 Å². The van der Waals surface area contributed by atoms with E-state index in [0.717, 1.165) is 24.1 Å². The number of aliphatic carboxylic acids is 1. The topological polar surface area (TPSA) is 119 Å². The molecule has 21 heavy (non-hydrogen) atoms. The molecule has 0 bridgehead atoms. The standard InChI is InChI=1S/C13H20N4O4/c1-8-9(6-15-16-8)3-2-4-14-13(21)17-7-10(18)5-11(17)12(19)20/h6,10-11,18H,2-5,7H2,1H3,(H,14,21)(H,15,16)(H,19,20)/t10-,11+/m1/s1. The van der Waals surface area contributed by atoms with Crippen LogP contribution in [0.4, 0.5) is 4.79 Å². The van der Waals surface area contributed by atoms with Gasteiger partial charge >= 0.3 is 12.0 Å². The number of likely N-dealkylation sites (tertiary alicyclic amines) is 1. The summed E-state index contributed by atoms with van der Waals surface area (Å²) in [6.45, 7) is 2.44. The number of nitrogens with one attached hydrogen (secondary N) is 2. The maximum absolute atomic E-state index is 12.0. The van der Waals surface area contributed by atoms with Crippen LogP contribution >= 0.6 is 0 Å². The fourth-order valence-electron chi connectivity index (χ4n) is 2.48. The van der Waals surface area contributed by atoms with Crippen LogP contribution in [0.2, 0.25) is 0 Å². The van der Waals surface area contributed by atoms with E-state index >= 15 is 0 Å². The molecule has 2 heterocycles. The summed E-state index contributed by atoms with van der Waals surface area (Å²) in [4.78, 5) is 24.2. The number of hydrogen-bond acceptors (Lipinski definition) is 4. The van der Waals surface area contributed by atoms with E-state index in [1.165, 1.54) is 4.90 Å². The van der Waals surface area contributed by atoms with Crippen LogP contribution in [0.3, 0.4) is 0 Å². The van der Waals surface area contributed by atoms with Crippen LogP contribution in [0.1, 0.15) is 24.1 Å². The average molecular weight is 296 g/mol. The van der Waals surface area contributed by atoms with Crippen molar-refractivity contribution < 1.29 is 19.8 Å². The fourth-order valence-corrected chi connectivity index (χ4v) is 2.48. The zero-order valence-corrected chi connectivity index (χ0v) is 11.9. The van der Waals surface area contributed by atoms with E-state index in [9.17, 15) is 14.7 Å². The number of aliphatic hydroxyl groups excluding tert-OH is 1. The number of rotatable bonds is 5. The van der Waals surface area contributed by atoms with Gasteiger partial charge in [0.25, 0.3) is 0 Å². The summed E-state index contributed by atoms with van der Waals surface area (Å²) >= 11 is 0. The van der Waals surface area contributed by atoms with Gasteiger partial charge in [0, 0.05) is 25.2 Å². The Labute approximate surface area is 122 Å². The Bertz CT molecular complexity index is 516. The number of nitrogens with zero attached hydrogens (tertiary/aromatic N) is 2. The fraction of sp³-hybridized carbons (Fsp3) is 0.615. The maximum atomic E-state index is 12.0. The highest BCUT2D eigenvalue weighted by atomic mass is 16.4. The van der Waals surface area contributed by atoms with E-state index < -0.39 is 24.1 Å². The monoisotopic (exact) mass is 296 g/mol. The highest BCUT2D eigenvalue weighted by Crippen LogP contribution is 2.18. The highest BCUT2D eigenvalue weighted by molar-refractivity contribution is 5.83. The molecular weight excluding hydrogens is 276 g/mol. The molecule has 1 saturated heterocycles. The largest absolute Gasteiger partial charge is 0.480 e. The Kier molecular flexibility index (Phi) is 4.79. The van der Waals surface area contributed by atoms with Gasteiger partial charge in [0.1, 0.15) is 6.04 Å². The lowest BCUT2D eigenvalue weighted by Crippen LogP contribution is -2.46.